The largest absolute Gasteiger partial charge is 0.302 e. The summed E-state index contributed by atoms with van der Waals surface area (Å²) in [4.78, 5) is 2.25. The number of benzene rings is 1. The summed E-state index contributed by atoms with van der Waals surface area (Å²) in [7, 11) is 2.08. The molecule has 0 saturated carbocycles. The molecule has 1 N–H and O–H groups in total. The standard InChI is InChI=1S/C22H33F2N3/c1-6-7-10-27(5)15-19-14-25-26-21(19)18-11-17(9-8-16(2)3)12-20(13-18)22(4,23)24/h11-14,16H,6-10,15H2,1-5H3,(H,25,26). The van der Waals surface area contributed by atoms with Crippen molar-refractivity contribution in [3.8, 4) is 11.3 Å². The summed E-state index contributed by atoms with van der Waals surface area (Å²) in [5.74, 6) is -2.32. The van der Waals surface area contributed by atoms with E-state index in [1.165, 1.54) is 0 Å². The van der Waals surface area contributed by atoms with Crippen LogP contribution in [0.5, 0.6) is 0 Å². The second kappa shape index (κ2) is 9.45. The van der Waals surface area contributed by atoms with E-state index in [4.69, 9.17) is 0 Å². The molecular weight excluding hydrogens is 344 g/mol. The molecule has 1 aromatic heterocycles. The normalized spacial score (nSPS) is 12.3. The predicted octanol–water partition coefficient (Wildman–Crippen LogP) is 6.01. The first-order chi connectivity index (χ1) is 12.7. The van der Waals surface area contributed by atoms with Gasteiger partial charge < -0.3 is 4.90 Å². The summed E-state index contributed by atoms with van der Waals surface area (Å²) in [6.45, 7) is 9.20. The average molecular weight is 378 g/mol. The maximum atomic E-state index is 14.1. The fourth-order valence-corrected chi connectivity index (χ4v) is 3.17. The van der Waals surface area contributed by atoms with Gasteiger partial charge in [-0.05, 0) is 62.5 Å². The van der Waals surface area contributed by atoms with Crippen LogP contribution < -0.4 is 0 Å². The molecule has 0 aliphatic carbocycles. The lowest BCUT2D eigenvalue weighted by atomic mass is 9.95. The minimum absolute atomic E-state index is 0.0682. The van der Waals surface area contributed by atoms with Gasteiger partial charge in [0.2, 0.25) is 0 Å². The van der Waals surface area contributed by atoms with E-state index in [9.17, 15) is 8.78 Å². The van der Waals surface area contributed by atoms with E-state index < -0.39 is 5.92 Å². The lowest BCUT2D eigenvalue weighted by molar-refractivity contribution is 0.0174. The summed E-state index contributed by atoms with van der Waals surface area (Å²) in [5, 5.41) is 7.22. The number of aryl methyl sites for hydroxylation is 1. The molecule has 0 spiro atoms. The zero-order chi connectivity index (χ0) is 20.0. The van der Waals surface area contributed by atoms with Crippen LogP contribution in [0.25, 0.3) is 11.3 Å². The Labute approximate surface area is 162 Å². The van der Waals surface area contributed by atoms with Crippen molar-refractivity contribution in [1.29, 1.82) is 0 Å². The Morgan fingerprint density at radius 1 is 1.22 bits per heavy atom. The van der Waals surface area contributed by atoms with Gasteiger partial charge in [-0.15, -0.1) is 0 Å². The van der Waals surface area contributed by atoms with Gasteiger partial charge in [0.05, 0.1) is 11.9 Å². The molecule has 3 nitrogen and oxygen atoms in total. The Bertz CT molecular complexity index is 717. The van der Waals surface area contributed by atoms with Crippen molar-refractivity contribution in [2.24, 2.45) is 5.92 Å². The van der Waals surface area contributed by atoms with E-state index in [1.54, 1.807) is 12.1 Å². The van der Waals surface area contributed by atoms with Crippen LogP contribution in [-0.2, 0) is 18.9 Å². The maximum Gasteiger partial charge on any atom is 0.270 e. The third-order valence-electron chi connectivity index (χ3n) is 4.85. The Kier molecular flexibility index (Phi) is 7.54. The van der Waals surface area contributed by atoms with E-state index in [-0.39, 0.29) is 5.56 Å². The highest BCUT2D eigenvalue weighted by Gasteiger charge is 2.26. The molecule has 27 heavy (non-hydrogen) atoms. The number of nitrogens with zero attached hydrogens (tertiary/aromatic N) is 2. The maximum absolute atomic E-state index is 14.1. The lowest BCUT2D eigenvalue weighted by Gasteiger charge is -2.18. The van der Waals surface area contributed by atoms with E-state index in [0.29, 0.717) is 5.92 Å². The fraction of sp³-hybridized carbons (Fsp3) is 0.591. The average Bonchev–Trinajstić information content (AvgIpc) is 3.05. The molecule has 150 valence electrons. The highest BCUT2D eigenvalue weighted by Crippen LogP contribution is 2.33. The lowest BCUT2D eigenvalue weighted by Crippen LogP contribution is -2.19. The number of nitrogens with one attached hydrogen (secondary N) is 1. The zero-order valence-corrected chi connectivity index (χ0v) is 17.3. The van der Waals surface area contributed by atoms with Crippen LogP contribution in [-0.4, -0.2) is 28.7 Å². The summed E-state index contributed by atoms with van der Waals surface area (Å²) in [6.07, 6.45) is 5.88. The fourth-order valence-electron chi connectivity index (χ4n) is 3.17. The molecule has 2 rings (SSSR count). The van der Waals surface area contributed by atoms with Crippen molar-refractivity contribution in [2.75, 3.05) is 13.6 Å². The monoisotopic (exact) mass is 377 g/mol. The number of rotatable bonds is 10. The van der Waals surface area contributed by atoms with Crippen LogP contribution in [0.3, 0.4) is 0 Å². The summed E-state index contributed by atoms with van der Waals surface area (Å²) >= 11 is 0. The molecule has 0 radical (unpaired) electrons. The Balaban J connectivity index is 2.34. The summed E-state index contributed by atoms with van der Waals surface area (Å²) in [5.41, 5.74) is 3.70. The number of unbranched alkanes of at least 4 members (excludes halogenated alkanes) is 1. The Hall–Kier alpha value is -1.75. The Morgan fingerprint density at radius 2 is 1.96 bits per heavy atom. The molecule has 0 amide bonds. The first kappa shape index (κ1) is 21.5. The predicted molar refractivity (Wildman–Crippen MR) is 108 cm³/mol. The molecule has 0 atom stereocenters. The molecule has 0 saturated heterocycles. The minimum Gasteiger partial charge on any atom is -0.302 e. The van der Waals surface area contributed by atoms with Crippen LogP contribution in [0.15, 0.2) is 24.4 Å². The number of hydrogen-bond donors (Lipinski definition) is 1. The molecule has 0 aliphatic heterocycles. The van der Waals surface area contributed by atoms with Crippen LogP contribution in [0.1, 0.15) is 63.6 Å². The van der Waals surface area contributed by atoms with Crippen molar-refractivity contribution in [3.05, 3.63) is 41.1 Å². The number of aromatic amines is 1. The molecule has 1 heterocycles. The van der Waals surface area contributed by atoms with Gasteiger partial charge in [-0.25, -0.2) is 8.78 Å². The van der Waals surface area contributed by atoms with Crippen LogP contribution in [0.4, 0.5) is 8.78 Å². The minimum atomic E-state index is -2.86. The molecule has 0 aliphatic rings. The topological polar surface area (TPSA) is 31.9 Å². The molecular formula is C22H33F2N3. The highest BCUT2D eigenvalue weighted by molar-refractivity contribution is 5.65. The molecule has 0 fully saturated rings. The third-order valence-corrected chi connectivity index (χ3v) is 4.85. The third kappa shape index (κ3) is 6.42. The highest BCUT2D eigenvalue weighted by atomic mass is 19.3. The van der Waals surface area contributed by atoms with Gasteiger partial charge in [0.25, 0.3) is 5.92 Å². The molecule has 2 aromatic rings. The number of alkyl halides is 2. The second-order valence-electron chi connectivity index (χ2n) is 8.10. The van der Waals surface area contributed by atoms with E-state index in [1.807, 2.05) is 12.3 Å². The van der Waals surface area contributed by atoms with Crippen molar-refractivity contribution in [1.82, 2.24) is 15.1 Å². The molecule has 1 aromatic carbocycles. The zero-order valence-electron chi connectivity index (χ0n) is 17.3. The first-order valence-electron chi connectivity index (χ1n) is 9.94. The smallest absolute Gasteiger partial charge is 0.270 e. The van der Waals surface area contributed by atoms with Gasteiger partial charge in [0.15, 0.2) is 0 Å². The van der Waals surface area contributed by atoms with E-state index >= 15 is 0 Å². The van der Waals surface area contributed by atoms with Gasteiger partial charge in [-0.3, -0.25) is 5.10 Å². The van der Waals surface area contributed by atoms with Crippen LogP contribution >= 0.6 is 0 Å². The van der Waals surface area contributed by atoms with E-state index in [0.717, 1.165) is 68.1 Å². The van der Waals surface area contributed by atoms with Gasteiger partial charge in [-0.2, -0.15) is 5.10 Å². The molecule has 0 unspecified atom stereocenters. The number of aromatic nitrogens is 2. The van der Waals surface area contributed by atoms with Crippen molar-refractivity contribution in [2.45, 2.75) is 65.8 Å². The van der Waals surface area contributed by atoms with Gasteiger partial charge in [0, 0.05) is 30.2 Å². The first-order valence-corrected chi connectivity index (χ1v) is 9.94. The number of hydrogen-bond acceptors (Lipinski definition) is 2. The number of H-pyrrole nitrogens is 1. The van der Waals surface area contributed by atoms with E-state index in [2.05, 4.69) is 42.9 Å². The van der Waals surface area contributed by atoms with Crippen molar-refractivity contribution in [3.63, 3.8) is 0 Å². The SMILES string of the molecule is CCCCN(C)Cc1cn[nH]c1-c1cc(CCC(C)C)cc(C(C)(F)F)c1. The quantitative estimate of drug-likeness (QED) is 0.550. The van der Waals surface area contributed by atoms with Crippen LogP contribution in [0.2, 0.25) is 0 Å². The Morgan fingerprint density at radius 3 is 2.59 bits per heavy atom. The van der Waals surface area contributed by atoms with Gasteiger partial charge in [0.1, 0.15) is 0 Å². The molecule has 0 bridgehead atoms. The van der Waals surface area contributed by atoms with Crippen molar-refractivity contribution >= 4 is 0 Å². The van der Waals surface area contributed by atoms with Gasteiger partial charge >= 0.3 is 0 Å². The summed E-state index contributed by atoms with van der Waals surface area (Å²) in [6, 6.07) is 5.28. The van der Waals surface area contributed by atoms with Crippen LogP contribution in [0, 0.1) is 5.92 Å². The summed E-state index contributed by atoms with van der Waals surface area (Å²) < 4.78 is 28.1. The van der Waals surface area contributed by atoms with Gasteiger partial charge in [-0.1, -0.05) is 27.2 Å². The number of halogens is 2. The van der Waals surface area contributed by atoms with Crippen molar-refractivity contribution < 1.29 is 8.78 Å². The second-order valence-corrected chi connectivity index (χ2v) is 8.10. The molecule has 5 heteroatoms.